The minimum absolute atomic E-state index is 0.186. The van der Waals surface area contributed by atoms with Crippen molar-refractivity contribution in [3.63, 3.8) is 0 Å². The summed E-state index contributed by atoms with van der Waals surface area (Å²) in [4.78, 5) is 25.0. The Morgan fingerprint density at radius 1 is 1.18 bits per heavy atom. The Bertz CT molecular complexity index is 335. The first kappa shape index (κ1) is 11.1. The molecule has 0 aromatic carbocycles. The summed E-state index contributed by atoms with van der Waals surface area (Å²) in [5.74, 6) is 0.435. The van der Waals surface area contributed by atoms with Crippen LogP contribution >= 0.6 is 0 Å². The maximum atomic E-state index is 12.0. The number of rotatable bonds is 4. The minimum atomic E-state index is -0.743. The van der Waals surface area contributed by atoms with Gasteiger partial charge in [-0.05, 0) is 43.9 Å². The van der Waals surface area contributed by atoms with E-state index in [1.165, 1.54) is 25.7 Å². The number of carboxylic acids is 1. The number of carbonyl (C=O) groups excluding carboxylic acids is 1. The second-order valence-corrected chi connectivity index (χ2v) is 5.79. The number of carboxylic acid groups (broad SMARTS) is 1. The molecular weight excluding hydrogens is 218 g/mol. The zero-order valence-electron chi connectivity index (χ0n) is 9.97. The summed E-state index contributed by atoms with van der Waals surface area (Å²) in [7, 11) is 0. The molecule has 1 N–H and O–H groups in total. The summed E-state index contributed by atoms with van der Waals surface area (Å²) < 4.78 is 0. The van der Waals surface area contributed by atoms with Crippen molar-refractivity contribution >= 4 is 11.9 Å². The molecule has 1 unspecified atom stereocenters. The van der Waals surface area contributed by atoms with Crippen molar-refractivity contribution in [1.82, 2.24) is 4.90 Å². The van der Waals surface area contributed by atoms with Gasteiger partial charge in [-0.1, -0.05) is 0 Å². The standard InChI is InChI=1S/C13H19NO3/c15-11-6-5-10(13(16)17)7-14(11)12(8-1-2-8)9-3-4-9/h8-10,12H,1-7H2,(H,16,17). The summed E-state index contributed by atoms with van der Waals surface area (Å²) in [5, 5.41) is 9.09. The molecule has 1 amide bonds. The zero-order chi connectivity index (χ0) is 12.0. The molecule has 4 nitrogen and oxygen atoms in total. The van der Waals surface area contributed by atoms with Crippen molar-refractivity contribution in [3.8, 4) is 0 Å². The van der Waals surface area contributed by atoms with Gasteiger partial charge in [-0.25, -0.2) is 0 Å². The Labute approximate surface area is 101 Å². The Kier molecular flexibility index (Phi) is 2.60. The molecule has 3 fully saturated rings. The van der Waals surface area contributed by atoms with Crippen molar-refractivity contribution in [2.75, 3.05) is 6.54 Å². The van der Waals surface area contributed by atoms with E-state index in [4.69, 9.17) is 5.11 Å². The first-order valence-electron chi connectivity index (χ1n) is 6.69. The number of hydrogen-bond acceptors (Lipinski definition) is 2. The van der Waals surface area contributed by atoms with Crippen LogP contribution in [0, 0.1) is 17.8 Å². The van der Waals surface area contributed by atoms with E-state index in [2.05, 4.69) is 0 Å². The third-order valence-electron chi connectivity index (χ3n) is 4.36. The molecule has 3 aliphatic rings. The Morgan fingerprint density at radius 3 is 2.24 bits per heavy atom. The third-order valence-corrected chi connectivity index (χ3v) is 4.36. The fraction of sp³-hybridized carbons (Fsp3) is 0.846. The van der Waals surface area contributed by atoms with Gasteiger partial charge in [0.25, 0.3) is 0 Å². The topological polar surface area (TPSA) is 57.6 Å². The monoisotopic (exact) mass is 237 g/mol. The van der Waals surface area contributed by atoms with Crippen molar-refractivity contribution in [2.45, 2.75) is 44.6 Å². The number of hydrogen-bond donors (Lipinski definition) is 1. The summed E-state index contributed by atoms with van der Waals surface area (Å²) in [5.41, 5.74) is 0. The molecule has 2 aliphatic carbocycles. The van der Waals surface area contributed by atoms with E-state index in [0.29, 0.717) is 37.3 Å². The van der Waals surface area contributed by atoms with E-state index in [-0.39, 0.29) is 11.8 Å². The Morgan fingerprint density at radius 2 is 1.76 bits per heavy atom. The van der Waals surface area contributed by atoms with E-state index >= 15 is 0 Å². The largest absolute Gasteiger partial charge is 0.481 e. The van der Waals surface area contributed by atoms with Crippen LogP contribution in [0.5, 0.6) is 0 Å². The number of amides is 1. The van der Waals surface area contributed by atoms with Gasteiger partial charge in [0, 0.05) is 19.0 Å². The van der Waals surface area contributed by atoms with Crippen molar-refractivity contribution in [3.05, 3.63) is 0 Å². The van der Waals surface area contributed by atoms with Crippen LogP contribution in [0.25, 0.3) is 0 Å². The predicted molar refractivity (Wildman–Crippen MR) is 61.3 cm³/mol. The van der Waals surface area contributed by atoms with Crippen LogP contribution in [0.15, 0.2) is 0 Å². The first-order valence-corrected chi connectivity index (χ1v) is 6.69. The number of likely N-dealkylation sites (tertiary alicyclic amines) is 1. The maximum Gasteiger partial charge on any atom is 0.308 e. The lowest BCUT2D eigenvalue weighted by Crippen LogP contribution is -2.49. The van der Waals surface area contributed by atoms with Gasteiger partial charge in [-0.3, -0.25) is 9.59 Å². The van der Waals surface area contributed by atoms with Gasteiger partial charge >= 0.3 is 5.97 Å². The maximum absolute atomic E-state index is 12.0. The van der Waals surface area contributed by atoms with Crippen LogP contribution in [0.1, 0.15) is 38.5 Å². The highest BCUT2D eigenvalue weighted by molar-refractivity contribution is 5.81. The molecule has 4 heteroatoms. The highest BCUT2D eigenvalue weighted by Gasteiger charge is 2.47. The molecule has 17 heavy (non-hydrogen) atoms. The summed E-state index contributed by atoms with van der Waals surface area (Å²) >= 11 is 0. The SMILES string of the molecule is O=C(O)C1CCC(=O)N(C(C2CC2)C2CC2)C1. The van der Waals surface area contributed by atoms with E-state index in [0.717, 1.165) is 0 Å². The van der Waals surface area contributed by atoms with Gasteiger partial charge in [0.1, 0.15) is 0 Å². The molecule has 0 bridgehead atoms. The van der Waals surface area contributed by atoms with E-state index in [1.807, 2.05) is 4.90 Å². The molecule has 0 spiro atoms. The number of piperidine rings is 1. The van der Waals surface area contributed by atoms with Gasteiger partial charge in [-0.15, -0.1) is 0 Å². The lowest BCUT2D eigenvalue weighted by molar-refractivity contribution is -0.149. The highest BCUT2D eigenvalue weighted by Crippen LogP contribution is 2.48. The van der Waals surface area contributed by atoms with E-state index in [1.54, 1.807) is 0 Å². The summed E-state index contributed by atoms with van der Waals surface area (Å²) in [6, 6.07) is 0.365. The van der Waals surface area contributed by atoms with Crippen LogP contribution in [0.3, 0.4) is 0 Å². The summed E-state index contributed by atoms with van der Waals surface area (Å²) in [6.07, 6.45) is 5.84. The second kappa shape index (κ2) is 4.00. The van der Waals surface area contributed by atoms with E-state index in [9.17, 15) is 9.59 Å². The average Bonchev–Trinajstić information content (AvgIpc) is 3.13. The molecule has 1 heterocycles. The minimum Gasteiger partial charge on any atom is -0.481 e. The molecule has 0 aromatic heterocycles. The average molecular weight is 237 g/mol. The number of carbonyl (C=O) groups is 2. The highest BCUT2D eigenvalue weighted by atomic mass is 16.4. The zero-order valence-corrected chi connectivity index (χ0v) is 9.97. The molecular formula is C13H19NO3. The number of aliphatic carboxylic acids is 1. The smallest absolute Gasteiger partial charge is 0.308 e. The lowest BCUT2D eigenvalue weighted by Gasteiger charge is -2.37. The lowest BCUT2D eigenvalue weighted by atomic mass is 9.93. The molecule has 0 aromatic rings. The molecule has 1 atom stereocenters. The van der Waals surface area contributed by atoms with E-state index < -0.39 is 5.97 Å². The number of nitrogens with zero attached hydrogens (tertiary/aromatic N) is 1. The van der Waals surface area contributed by atoms with Crippen molar-refractivity contribution in [1.29, 1.82) is 0 Å². The third kappa shape index (κ3) is 2.17. The predicted octanol–water partition coefficient (Wildman–Crippen LogP) is 1.50. The second-order valence-electron chi connectivity index (χ2n) is 5.79. The normalized spacial score (nSPS) is 29.8. The Balaban J connectivity index is 1.73. The van der Waals surface area contributed by atoms with Crippen LogP contribution in [-0.4, -0.2) is 34.5 Å². The molecule has 1 saturated heterocycles. The molecule has 2 saturated carbocycles. The fourth-order valence-corrected chi connectivity index (χ4v) is 3.13. The van der Waals surface area contributed by atoms with Crippen LogP contribution in [0.2, 0.25) is 0 Å². The fourth-order valence-electron chi connectivity index (χ4n) is 3.13. The van der Waals surface area contributed by atoms with Crippen LogP contribution < -0.4 is 0 Å². The van der Waals surface area contributed by atoms with Gasteiger partial charge in [0.05, 0.1) is 5.92 Å². The molecule has 1 aliphatic heterocycles. The molecule has 0 radical (unpaired) electrons. The van der Waals surface area contributed by atoms with Crippen LogP contribution in [0.4, 0.5) is 0 Å². The molecule has 3 rings (SSSR count). The van der Waals surface area contributed by atoms with Crippen LogP contribution in [-0.2, 0) is 9.59 Å². The van der Waals surface area contributed by atoms with Gasteiger partial charge < -0.3 is 10.0 Å². The Hall–Kier alpha value is -1.06. The van der Waals surface area contributed by atoms with Crippen molar-refractivity contribution < 1.29 is 14.7 Å². The van der Waals surface area contributed by atoms with Crippen molar-refractivity contribution in [2.24, 2.45) is 17.8 Å². The molecule has 94 valence electrons. The summed E-state index contributed by atoms with van der Waals surface area (Å²) in [6.45, 7) is 0.450. The van der Waals surface area contributed by atoms with Gasteiger partial charge in [-0.2, -0.15) is 0 Å². The van der Waals surface area contributed by atoms with Gasteiger partial charge in [0.15, 0.2) is 0 Å². The first-order chi connectivity index (χ1) is 8.16. The quantitative estimate of drug-likeness (QED) is 0.806. The van der Waals surface area contributed by atoms with Gasteiger partial charge in [0.2, 0.25) is 5.91 Å².